The number of anilines is 1. The fourth-order valence-electron chi connectivity index (χ4n) is 1.03. The first-order valence-electron chi connectivity index (χ1n) is 4.70. The summed E-state index contributed by atoms with van der Waals surface area (Å²) in [5, 5.41) is 5.88. The largest absolute Gasteiger partial charge is 0.295 e. The van der Waals surface area contributed by atoms with Gasteiger partial charge in [-0.3, -0.25) is 9.80 Å². The van der Waals surface area contributed by atoms with E-state index in [0.717, 1.165) is 5.69 Å². The zero-order chi connectivity index (χ0) is 11.1. The Kier molecular flexibility index (Phi) is 4.29. The third-order valence-corrected chi connectivity index (χ3v) is 1.79. The van der Waals surface area contributed by atoms with E-state index < -0.39 is 0 Å². The van der Waals surface area contributed by atoms with E-state index in [9.17, 15) is 4.79 Å². The van der Waals surface area contributed by atoms with Crippen LogP contribution in [0.2, 0.25) is 0 Å². The molecule has 0 saturated heterocycles. The molecule has 0 aliphatic heterocycles. The highest BCUT2D eigenvalue weighted by Crippen LogP contribution is 2.10. The molecule has 0 aliphatic carbocycles. The maximum atomic E-state index is 10.6. The molecule has 15 heavy (non-hydrogen) atoms. The number of carbonyl (C=O) groups is 1. The van der Waals surface area contributed by atoms with Crippen LogP contribution in [0.15, 0.2) is 47.6 Å². The molecule has 0 aromatic heterocycles. The second-order valence-electron chi connectivity index (χ2n) is 3.09. The van der Waals surface area contributed by atoms with Crippen molar-refractivity contribution >= 4 is 17.7 Å². The van der Waals surface area contributed by atoms with Crippen molar-refractivity contribution in [3.8, 4) is 0 Å². The molecule has 0 atom stereocenters. The number of hydrogen-bond donors (Lipinski definition) is 0. The van der Waals surface area contributed by atoms with Crippen LogP contribution in [0.4, 0.5) is 5.69 Å². The predicted molar refractivity (Wildman–Crippen MR) is 63.2 cm³/mol. The molecule has 0 unspecified atom stereocenters. The van der Waals surface area contributed by atoms with Crippen LogP contribution in [0.1, 0.15) is 6.92 Å². The van der Waals surface area contributed by atoms with Gasteiger partial charge in [-0.05, 0) is 31.2 Å². The minimum Gasteiger partial charge on any atom is -0.295 e. The molecule has 1 rings (SSSR count). The van der Waals surface area contributed by atoms with Crippen molar-refractivity contribution in [3.63, 3.8) is 0 Å². The normalized spacial score (nSPS) is 11.1. The minimum absolute atomic E-state index is 0.0174. The van der Waals surface area contributed by atoms with Gasteiger partial charge in [-0.2, -0.15) is 5.10 Å². The molecule has 1 aromatic carbocycles. The van der Waals surface area contributed by atoms with Crippen LogP contribution in [0.5, 0.6) is 0 Å². The van der Waals surface area contributed by atoms with Crippen LogP contribution in [-0.4, -0.2) is 19.0 Å². The van der Waals surface area contributed by atoms with E-state index in [-0.39, 0.29) is 5.78 Å². The van der Waals surface area contributed by atoms with Crippen molar-refractivity contribution in [3.05, 3.63) is 42.5 Å². The van der Waals surface area contributed by atoms with Gasteiger partial charge in [-0.25, -0.2) is 0 Å². The number of ketones is 1. The molecule has 0 N–H and O–H groups in total. The first-order valence-corrected chi connectivity index (χ1v) is 4.70. The Morgan fingerprint density at radius 1 is 1.33 bits per heavy atom. The van der Waals surface area contributed by atoms with E-state index in [1.54, 1.807) is 17.3 Å². The summed E-state index contributed by atoms with van der Waals surface area (Å²) in [5.41, 5.74) is 1.00. The van der Waals surface area contributed by atoms with Gasteiger partial charge < -0.3 is 0 Å². The second kappa shape index (κ2) is 5.75. The minimum atomic E-state index is 0.0174. The second-order valence-corrected chi connectivity index (χ2v) is 3.09. The standard InChI is InChI=1S/C12H14N2O/c1-11(15)7-6-10-13-14(2)12-8-4-3-5-9-12/h3-10H,1-2H3. The molecule has 3 nitrogen and oxygen atoms in total. The number of benzene rings is 1. The lowest BCUT2D eigenvalue weighted by atomic mass is 10.3. The number of allylic oxidation sites excluding steroid dienone is 2. The Morgan fingerprint density at radius 2 is 2.00 bits per heavy atom. The molecule has 0 aliphatic rings. The summed E-state index contributed by atoms with van der Waals surface area (Å²) < 4.78 is 0. The summed E-state index contributed by atoms with van der Waals surface area (Å²) in [5.74, 6) is 0.0174. The van der Waals surface area contributed by atoms with Crippen LogP contribution >= 0.6 is 0 Å². The van der Waals surface area contributed by atoms with Gasteiger partial charge in [-0.1, -0.05) is 18.2 Å². The maximum absolute atomic E-state index is 10.6. The van der Waals surface area contributed by atoms with Crippen molar-refractivity contribution in [1.29, 1.82) is 0 Å². The van der Waals surface area contributed by atoms with E-state index in [2.05, 4.69) is 5.10 Å². The first-order chi connectivity index (χ1) is 7.20. The molecule has 0 saturated carbocycles. The number of para-hydroxylation sites is 1. The first kappa shape index (κ1) is 11.2. The molecular formula is C12H14N2O. The van der Waals surface area contributed by atoms with Gasteiger partial charge in [0.25, 0.3) is 0 Å². The molecule has 78 valence electrons. The summed E-state index contributed by atoms with van der Waals surface area (Å²) >= 11 is 0. The molecule has 1 aromatic rings. The molecule has 0 bridgehead atoms. The van der Waals surface area contributed by atoms with Gasteiger partial charge in [0.15, 0.2) is 5.78 Å². The molecular weight excluding hydrogens is 188 g/mol. The van der Waals surface area contributed by atoms with Crippen molar-refractivity contribution in [2.45, 2.75) is 6.92 Å². The fourth-order valence-corrected chi connectivity index (χ4v) is 1.03. The molecule has 3 heteroatoms. The Labute approximate surface area is 89.7 Å². The zero-order valence-electron chi connectivity index (χ0n) is 8.92. The molecule has 0 amide bonds. The summed E-state index contributed by atoms with van der Waals surface area (Å²) in [6.07, 6.45) is 4.69. The number of carbonyl (C=O) groups excluding carboxylic acids is 1. The molecule has 0 spiro atoms. The maximum Gasteiger partial charge on any atom is 0.152 e. The Bertz CT molecular complexity index is 368. The van der Waals surface area contributed by atoms with Crippen LogP contribution in [0.25, 0.3) is 0 Å². The Balaban J connectivity index is 2.56. The molecule has 0 radical (unpaired) electrons. The van der Waals surface area contributed by atoms with Gasteiger partial charge in [0.2, 0.25) is 0 Å². The van der Waals surface area contributed by atoms with Crippen molar-refractivity contribution in [1.82, 2.24) is 0 Å². The average Bonchev–Trinajstić information content (AvgIpc) is 2.25. The van der Waals surface area contributed by atoms with Crippen molar-refractivity contribution < 1.29 is 4.79 Å². The summed E-state index contributed by atoms with van der Waals surface area (Å²) in [6.45, 7) is 1.51. The highest BCUT2D eigenvalue weighted by Gasteiger charge is 1.93. The summed E-state index contributed by atoms with van der Waals surface area (Å²) in [4.78, 5) is 10.6. The van der Waals surface area contributed by atoms with Gasteiger partial charge in [0, 0.05) is 13.3 Å². The topological polar surface area (TPSA) is 32.7 Å². The van der Waals surface area contributed by atoms with Crippen LogP contribution in [0, 0.1) is 0 Å². The van der Waals surface area contributed by atoms with Gasteiger partial charge in [0.1, 0.15) is 0 Å². The van der Waals surface area contributed by atoms with Crippen LogP contribution < -0.4 is 5.01 Å². The third kappa shape index (κ3) is 4.22. The van der Waals surface area contributed by atoms with E-state index in [4.69, 9.17) is 0 Å². The zero-order valence-corrected chi connectivity index (χ0v) is 8.92. The Hall–Kier alpha value is -1.90. The Morgan fingerprint density at radius 3 is 2.60 bits per heavy atom. The van der Waals surface area contributed by atoms with Gasteiger partial charge in [-0.15, -0.1) is 0 Å². The highest BCUT2D eigenvalue weighted by molar-refractivity contribution is 5.91. The summed E-state index contributed by atoms with van der Waals surface area (Å²) in [6, 6.07) is 9.79. The van der Waals surface area contributed by atoms with Crippen molar-refractivity contribution in [2.24, 2.45) is 5.10 Å². The highest BCUT2D eigenvalue weighted by atomic mass is 16.1. The predicted octanol–water partition coefficient (Wildman–Crippen LogP) is 2.25. The van der Waals surface area contributed by atoms with Gasteiger partial charge >= 0.3 is 0 Å². The third-order valence-electron chi connectivity index (χ3n) is 1.79. The SMILES string of the molecule is CC(=O)C=CC=NN(C)c1ccccc1. The fraction of sp³-hybridized carbons (Fsp3) is 0.167. The smallest absolute Gasteiger partial charge is 0.152 e. The molecule has 0 fully saturated rings. The lowest BCUT2D eigenvalue weighted by Gasteiger charge is -2.11. The number of rotatable bonds is 4. The average molecular weight is 202 g/mol. The van der Waals surface area contributed by atoms with Crippen LogP contribution in [-0.2, 0) is 4.79 Å². The van der Waals surface area contributed by atoms with Gasteiger partial charge in [0.05, 0.1) is 5.69 Å². The lowest BCUT2D eigenvalue weighted by molar-refractivity contribution is -0.112. The quantitative estimate of drug-likeness (QED) is 0.426. The number of hydrazone groups is 1. The van der Waals surface area contributed by atoms with E-state index in [1.165, 1.54) is 13.0 Å². The van der Waals surface area contributed by atoms with Crippen LogP contribution in [0.3, 0.4) is 0 Å². The summed E-state index contributed by atoms with van der Waals surface area (Å²) in [7, 11) is 1.85. The monoisotopic (exact) mass is 202 g/mol. The van der Waals surface area contributed by atoms with E-state index >= 15 is 0 Å². The molecule has 0 heterocycles. The lowest BCUT2D eigenvalue weighted by Crippen LogP contribution is -2.07. The van der Waals surface area contributed by atoms with E-state index in [0.29, 0.717) is 0 Å². The number of hydrogen-bond acceptors (Lipinski definition) is 3. The van der Waals surface area contributed by atoms with E-state index in [1.807, 2.05) is 37.4 Å². The van der Waals surface area contributed by atoms with Crippen molar-refractivity contribution in [2.75, 3.05) is 12.1 Å². The number of nitrogens with zero attached hydrogens (tertiary/aromatic N) is 2.